The largest absolute Gasteiger partial charge is 0.496 e. The van der Waals surface area contributed by atoms with Crippen molar-refractivity contribution >= 4 is 28.3 Å². The number of pyridine rings is 1. The highest BCUT2D eigenvalue weighted by atomic mass is 32.1. The average Bonchev–Trinajstić information content (AvgIpc) is 3.45. The van der Waals surface area contributed by atoms with Crippen molar-refractivity contribution in [2.24, 2.45) is 0 Å². The zero-order valence-corrected chi connectivity index (χ0v) is 18.9. The summed E-state index contributed by atoms with van der Waals surface area (Å²) in [5.41, 5.74) is 11.1. The van der Waals surface area contributed by atoms with Crippen LogP contribution in [0.4, 0.5) is 5.69 Å². The van der Waals surface area contributed by atoms with Crippen LogP contribution in [0.1, 0.15) is 16.1 Å². The minimum atomic E-state index is -0.209. The van der Waals surface area contributed by atoms with Crippen molar-refractivity contribution in [1.82, 2.24) is 9.38 Å². The van der Waals surface area contributed by atoms with Crippen molar-refractivity contribution in [3.05, 3.63) is 89.6 Å². The number of para-hydroxylation sites is 2. The molecule has 0 unspecified atom stereocenters. The van der Waals surface area contributed by atoms with Crippen LogP contribution in [0.25, 0.3) is 27.3 Å². The van der Waals surface area contributed by atoms with Crippen molar-refractivity contribution in [2.45, 2.75) is 0 Å². The van der Waals surface area contributed by atoms with Crippen LogP contribution in [-0.2, 0) is 0 Å². The fourth-order valence-electron chi connectivity index (χ4n) is 4.01. The van der Waals surface area contributed by atoms with E-state index >= 15 is 0 Å². The van der Waals surface area contributed by atoms with Crippen LogP contribution in [0.3, 0.4) is 0 Å². The summed E-state index contributed by atoms with van der Waals surface area (Å²) in [6.45, 7) is 0. The molecule has 0 aliphatic rings. The number of benzene rings is 2. The van der Waals surface area contributed by atoms with Gasteiger partial charge in [-0.05, 0) is 36.4 Å². The lowest BCUT2D eigenvalue weighted by Crippen LogP contribution is -2.09. The van der Waals surface area contributed by atoms with Gasteiger partial charge in [0, 0.05) is 17.1 Å². The molecule has 33 heavy (non-hydrogen) atoms. The number of ether oxygens (including phenoxy) is 2. The Labute approximate surface area is 194 Å². The van der Waals surface area contributed by atoms with E-state index in [-0.39, 0.29) is 5.78 Å². The zero-order chi connectivity index (χ0) is 22.9. The minimum absolute atomic E-state index is 0.209. The maximum Gasteiger partial charge on any atom is 0.215 e. The Morgan fingerprint density at radius 3 is 2.42 bits per heavy atom. The molecule has 0 saturated heterocycles. The lowest BCUT2D eigenvalue weighted by molar-refractivity contribution is 0.103. The molecule has 5 rings (SSSR count). The Balaban J connectivity index is 1.68. The van der Waals surface area contributed by atoms with Crippen LogP contribution >= 0.6 is 11.3 Å². The highest BCUT2D eigenvalue weighted by Gasteiger charge is 2.26. The second-order valence-corrected chi connectivity index (χ2v) is 8.22. The summed E-state index contributed by atoms with van der Waals surface area (Å²) in [6, 6.07) is 20.6. The molecule has 3 aromatic heterocycles. The van der Waals surface area contributed by atoms with Crippen LogP contribution in [0.5, 0.6) is 11.5 Å². The van der Waals surface area contributed by atoms with Crippen LogP contribution in [0.15, 0.2) is 78.3 Å². The van der Waals surface area contributed by atoms with E-state index in [9.17, 15) is 4.79 Å². The second-order valence-electron chi connectivity index (χ2n) is 7.36. The molecule has 0 fully saturated rings. The number of nitrogens with two attached hydrogens (primary N) is 1. The van der Waals surface area contributed by atoms with Gasteiger partial charge in [0.05, 0.1) is 42.2 Å². The van der Waals surface area contributed by atoms with Crippen LogP contribution in [0, 0.1) is 0 Å². The van der Waals surface area contributed by atoms with E-state index in [0.29, 0.717) is 22.7 Å². The van der Waals surface area contributed by atoms with E-state index in [1.54, 1.807) is 26.4 Å². The lowest BCUT2D eigenvalue weighted by Gasteiger charge is -2.08. The monoisotopic (exact) mass is 455 g/mol. The minimum Gasteiger partial charge on any atom is -0.496 e. The van der Waals surface area contributed by atoms with E-state index in [2.05, 4.69) is 0 Å². The fourth-order valence-corrected chi connectivity index (χ4v) is 4.90. The first-order valence-corrected chi connectivity index (χ1v) is 11.2. The topological polar surface area (TPSA) is 78.9 Å². The number of carbonyl (C=O) groups is 1. The van der Waals surface area contributed by atoms with Crippen molar-refractivity contribution in [1.29, 1.82) is 0 Å². The van der Waals surface area contributed by atoms with Crippen molar-refractivity contribution < 1.29 is 14.3 Å². The Bertz CT molecular complexity index is 1490. The molecule has 0 spiro atoms. The van der Waals surface area contributed by atoms with Gasteiger partial charge < -0.3 is 19.6 Å². The summed E-state index contributed by atoms with van der Waals surface area (Å²) in [5.74, 6) is 1.04. The molecule has 7 heteroatoms. The highest BCUT2D eigenvalue weighted by Crippen LogP contribution is 2.41. The summed E-state index contributed by atoms with van der Waals surface area (Å²) >= 11 is 1.48. The van der Waals surface area contributed by atoms with Gasteiger partial charge in [-0.1, -0.05) is 30.3 Å². The van der Waals surface area contributed by atoms with Crippen molar-refractivity contribution in [3.8, 4) is 33.3 Å². The van der Waals surface area contributed by atoms with Crippen LogP contribution in [0.2, 0.25) is 0 Å². The van der Waals surface area contributed by atoms with Gasteiger partial charge >= 0.3 is 0 Å². The van der Waals surface area contributed by atoms with Crippen molar-refractivity contribution in [3.63, 3.8) is 0 Å². The molecule has 2 N–H and O–H groups in total. The first-order valence-electron chi connectivity index (χ1n) is 10.3. The molecule has 0 bridgehead atoms. The maximum atomic E-state index is 13.6. The van der Waals surface area contributed by atoms with Gasteiger partial charge in [-0.25, -0.2) is 4.98 Å². The fraction of sp³-hybridized carbons (Fsp3) is 0.0769. The molecule has 164 valence electrons. The molecule has 2 aromatic carbocycles. The third kappa shape index (κ3) is 3.43. The van der Waals surface area contributed by atoms with Gasteiger partial charge in [0.2, 0.25) is 5.78 Å². The Morgan fingerprint density at radius 1 is 0.939 bits per heavy atom. The Hall–Kier alpha value is -4.10. The van der Waals surface area contributed by atoms with Gasteiger partial charge in [0.25, 0.3) is 0 Å². The summed E-state index contributed by atoms with van der Waals surface area (Å²) in [6.07, 6.45) is 1.84. The molecule has 3 heterocycles. The van der Waals surface area contributed by atoms with Gasteiger partial charge in [0.1, 0.15) is 22.2 Å². The average molecular weight is 456 g/mol. The summed E-state index contributed by atoms with van der Waals surface area (Å²) < 4.78 is 12.7. The normalized spacial score (nSPS) is 11.0. The first kappa shape index (κ1) is 20.8. The molecule has 6 nitrogen and oxygen atoms in total. The molecule has 0 atom stereocenters. The van der Waals surface area contributed by atoms with Gasteiger partial charge in [0.15, 0.2) is 0 Å². The standard InChI is InChI=1S/C26H21N3O3S/c1-31-20-12-5-3-9-16(20)18-15-33-26(28-18)22-19-11-7-8-14-29(19)24(23(22)27)25(30)17-10-4-6-13-21(17)32-2/h3-15H,27H2,1-2H3. The predicted octanol–water partition coefficient (Wildman–Crippen LogP) is 5.56. The van der Waals surface area contributed by atoms with Crippen LogP contribution < -0.4 is 15.2 Å². The lowest BCUT2D eigenvalue weighted by atomic mass is 10.1. The summed E-state index contributed by atoms with van der Waals surface area (Å²) in [4.78, 5) is 18.5. The number of fused-ring (bicyclic) bond motifs is 1. The number of thiazole rings is 1. The first-order chi connectivity index (χ1) is 16.1. The molecule has 0 amide bonds. The maximum absolute atomic E-state index is 13.6. The zero-order valence-electron chi connectivity index (χ0n) is 18.1. The SMILES string of the molecule is COc1ccccc1C(=O)c1c(N)c(-c2nc(-c3ccccc3OC)cs2)c2ccccn12. The molecule has 0 saturated carbocycles. The van der Waals surface area contributed by atoms with Crippen LogP contribution in [-0.4, -0.2) is 29.4 Å². The molecular weight excluding hydrogens is 434 g/mol. The highest BCUT2D eigenvalue weighted by molar-refractivity contribution is 7.13. The predicted molar refractivity (Wildman–Crippen MR) is 131 cm³/mol. The summed E-state index contributed by atoms with van der Waals surface area (Å²) in [5, 5.41) is 2.71. The number of anilines is 1. The second kappa shape index (κ2) is 8.44. The molecule has 5 aromatic rings. The van der Waals surface area contributed by atoms with Gasteiger partial charge in [-0.15, -0.1) is 11.3 Å². The van der Waals surface area contributed by atoms with E-state index in [0.717, 1.165) is 33.1 Å². The summed E-state index contributed by atoms with van der Waals surface area (Å²) in [7, 11) is 3.19. The number of rotatable bonds is 6. The number of methoxy groups -OCH3 is 2. The molecular formula is C26H21N3O3S. The van der Waals surface area contributed by atoms with E-state index in [1.165, 1.54) is 11.3 Å². The molecule has 0 aliphatic heterocycles. The van der Waals surface area contributed by atoms with E-state index < -0.39 is 0 Å². The van der Waals surface area contributed by atoms with E-state index in [4.69, 9.17) is 20.2 Å². The van der Waals surface area contributed by atoms with Gasteiger partial charge in [-0.2, -0.15) is 0 Å². The number of ketones is 1. The third-order valence-corrected chi connectivity index (χ3v) is 6.41. The third-order valence-electron chi connectivity index (χ3n) is 5.55. The van der Waals surface area contributed by atoms with E-state index in [1.807, 2.05) is 70.6 Å². The number of hydrogen-bond donors (Lipinski definition) is 1. The Morgan fingerprint density at radius 2 is 1.64 bits per heavy atom. The number of aromatic nitrogens is 2. The Kier molecular flexibility index (Phi) is 5.32. The quantitative estimate of drug-likeness (QED) is 0.339. The number of nitrogens with zero attached hydrogens (tertiary/aromatic N) is 2. The van der Waals surface area contributed by atoms with Crippen molar-refractivity contribution in [2.75, 3.05) is 20.0 Å². The number of nitrogen functional groups attached to an aromatic ring is 1. The number of hydrogen-bond acceptors (Lipinski definition) is 6. The van der Waals surface area contributed by atoms with Gasteiger partial charge in [-0.3, -0.25) is 4.79 Å². The number of carbonyl (C=O) groups excluding carboxylic acids is 1. The smallest absolute Gasteiger partial charge is 0.215 e. The molecule has 0 radical (unpaired) electrons. The molecule has 0 aliphatic carbocycles.